The van der Waals surface area contributed by atoms with Crippen LogP contribution in [0.15, 0.2) is 24.3 Å². The van der Waals surface area contributed by atoms with Crippen molar-refractivity contribution in [3.05, 3.63) is 29.8 Å². The number of hydrogen-bond acceptors (Lipinski definition) is 4. The molecule has 0 saturated carbocycles. The molecule has 134 valence electrons. The molecule has 0 spiro atoms. The van der Waals surface area contributed by atoms with Gasteiger partial charge in [-0.1, -0.05) is 6.07 Å². The third-order valence-corrected chi connectivity index (χ3v) is 4.61. The summed E-state index contributed by atoms with van der Waals surface area (Å²) in [7, 11) is 0. The number of nitrogens with zero attached hydrogens (tertiary/aromatic N) is 1. The lowest BCUT2D eigenvalue weighted by Gasteiger charge is -2.30. The molecule has 0 aromatic heterocycles. The fourth-order valence-corrected chi connectivity index (χ4v) is 3.20. The quantitative estimate of drug-likeness (QED) is 0.847. The highest BCUT2D eigenvalue weighted by atomic mass is 16.5. The minimum Gasteiger partial charge on any atom is -0.490 e. The summed E-state index contributed by atoms with van der Waals surface area (Å²) >= 11 is 0. The van der Waals surface area contributed by atoms with Gasteiger partial charge in [0.2, 0.25) is 11.8 Å². The van der Waals surface area contributed by atoms with Gasteiger partial charge in [-0.15, -0.1) is 0 Å². The van der Waals surface area contributed by atoms with E-state index in [0.717, 1.165) is 36.3 Å². The molecular formula is C19H24N2O4. The smallest absolute Gasteiger partial charge is 0.246 e. The van der Waals surface area contributed by atoms with Crippen LogP contribution in [0.1, 0.15) is 31.2 Å². The molecule has 2 N–H and O–H groups in total. The maximum atomic E-state index is 12.3. The summed E-state index contributed by atoms with van der Waals surface area (Å²) in [6.07, 6.45) is 6.32. The second-order valence-corrected chi connectivity index (χ2v) is 6.53. The van der Waals surface area contributed by atoms with Gasteiger partial charge in [-0.25, -0.2) is 0 Å². The van der Waals surface area contributed by atoms with Crippen molar-refractivity contribution in [2.45, 2.75) is 25.7 Å². The summed E-state index contributed by atoms with van der Waals surface area (Å²) in [5.74, 6) is 1.49. The van der Waals surface area contributed by atoms with Crippen LogP contribution in [0.25, 0.3) is 6.08 Å². The zero-order chi connectivity index (χ0) is 17.6. The molecule has 1 aromatic rings. The van der Waals surface area contributed by atoms with Crippen molar-refractivity contribution in [1.29, 1.82) is 0 Å². The standard InChI is InChI=1S/C19H24N2O4/c20-18(22)13-15-6-8-21(9-7-15)19(23)5-3-14-2-4-16-17(12-14)25-11-1-10-24-16/h2-5,12,15H,1,6-11,13H2,(H2,20,22). The molecule has 1 fully saturated rings. The summed E-state index contributed by atoms with van der Waals surface area (Å²) in [6.45, 7) is 2.64. The van der Waals surface area contributed by atoms with E-state index in [1.807, 2.05) is 23.1 Å². The van der Waals surface area contributed by atoms with Gasteiger partial charge < -0.3 is 20.1 Å². The zero-order valence-electron chi connectivity index (χ0n) is 14.3. The van der Waals surface area contributed by atoms with Crippen molar-refractivity contribution < 1.29 is 19.1 Å². The molecule has 2 aliphatic heterocycles. The van der Waals surface area contributed by atoms with E-state index >= 15 is 0 Å². The van der Waals surface area contributed by atoms with E-state index < -0.39 is 0 Å². The number of amides is 2. The Morgan fingerprint density at radius 2 is 1.88 bits per heavy atom. The topological polar surface area (TPSA) is 81.9 Å². The van der Waals surface area contributed by atoms with Gasteiger partial charge in [0.15, 0.2) is 11.5 Å². The Kier molecular flexibility index (Phi) is 5.58. The maximum Gasteiger partial charge on any atom is 0.246 e. The fourth-order valence-electron chi connectivity index (χ4n) is 3.20. The number of benzene rings is 1. The molecule has 0 bridgehead atoms. The van der Waals surface area contributed by atoms with Crippen molar-refractivity contribution >= 4 is 17.9 Å². The Bertz CT molecular complexity index is 663. The van der Waals surface area contributed by atoms with Crippen LogP contribution in [0.5, 0.6) is 11.5 Å². The highest BCUT2D eigenvalue weighted by Crippen LogP contribution is 2.30. The lowest BCUT2D eigenvalue weighted by Crippen LogP contribution is -2.38. The molecule has 25 heavy (non-hydrogen) atoms. The molecule has 1 saturated heterocycles. The van der Waals surface area contributed by atoms with Crippen LogP contribution in [0.4, 0.5) is 0 Å². The van der Waals surface area contributed by atoms with Gasteiger partial charge in [-0.2, -0.15) is 0 Å². The number of carbonyl (C=O) groups is 2. The van der Waals surface area contributed by atoms with Gasteiger partial charge in [0.25, 0.3) is 0 Å². The molecule has 0 radical (unpaired) electrons. The first-order valence-corrected chi connectivity index (χ1v) is 8.77. The number of ether oxygens (including phenoxy) is 2. The minimum atomic E-state index is -0.265. The van der Waals surface area contributed by atoms with E-state index in [-0.39, 0.29) is 11.8 Å². The molecule has 6 heteroatoms. The molecule has 0 atom stereocenters. The van der Waals surface area contributed by atoms with Crippen molar-refractivity contribution in [3.63, 3.8) is 0 Å². The van der Waals surface area contributed by atoms with Gasteiger partial charge >= 0.3 is 0 Å². The summed E-state index contributed by atoms with van der Waals surface area (Å²) in [5.41, 5.74) is 6.14. The maximum absolute atomic E-state index is 12.3. The number of primary amides is 1. The molecule has 2 amide bonds. The van der Waals surface area contributed by atoms with Gasteiger partial charge in [0.1, 0.15) is 0 Å². The van der Waals surface area contributed by atoms with Crippen LogP contribution in [0.2, 0.25) is 0 Å². The number of carbonyl (C=O) groups excluding carboxylic acids is 2. The first kappa shape index (κ1) is 17.3. The predicted molar refractivity (Wildman–Crippen MR) is 94.2 cm³/mol. The summed E-state index contributed by atoms with van der Waals surface area (Å²) in [5, 5.41) is 0. The van der Waals surface area contributed by atoms with Crippen LogP contribution in [-0.4, -0.2) is 43.0 Å². The fraction of sp³-hybridized carbons (Fsp3) is 0.474. The highest BCUT2D eigenvalue weighted by Gasteiger charge is 2.22. The average molecular weight is 344 g/mol. The van der Waals surface area contributed by atoms with Crippen molar-refractivity contribution in [1.82, 2.24) is 4.90 Å². The molecule has 3 rings (SSSR count). The Balaban J connectivity index is 1.56. The van der Waals surface area contributed by atoms with E-state index in [4.69, 9.17) is 15.2 Å². The number of piperidine rings is 1. The van der Waals surface area contributed by atoms with E-state index in [1.165, 1.54) is 0 Å². The van der Waals surface area contributed by atoms with Crippen molar-refractivity contribution in [2.75, 3.05) is 26.3 Å². The third kappa shape index (κ3) is 4.75. The average Bonchev–Trinajstić information content (AvgIpc) is 2.84. The first-order chi connectivity index (χ1) is 12.1. The number of nitrogens with two attached hydrogens (primary N) is 1. The van der Waals surface area contributed by atoms with E-state index in [2.05, 4.69) is 0 Å². The first-order valence-electron chi connectivity index (χ1n) is 8.77. The number of hydrogen-bond donors (Lipinski definition) is 1. The lowest BCUT2D eigenvalue weighted by atomic mass is 9.93. The summed E-state index contributed by atoms with van der Waals surface area (Å²) < 4.78 is 11.3. The molecular weight excluding hydrogens is 320 g/mol. The van der Waals surface area contributed by atoms with Crippen molar-refractivity contribution in [2.24, 2.45) is 11.7 Å². The second-order valence-electron chi connectivity index (χ2n) is 6.53. The van der Waals surface area contributed by atoms with E-state index in [9.17, 15) is 9.59 Å². The van der Waals surface area contributed by atoms with Crippen LogP contribution in [-0.2, 0) is 9.59 Å². The zero-order valence-corrected chi connectivity index (χ0v) is 14.3. The molecule has 6 nitrogen and oxygen atoms in total. The molecule has 1 aromatic carbocycles. The van der Waals surface area contributed by atoms with Crippen molar-refractivity contribution in [3.8, 4) is 11.5 Å². The number of likely N-dealkylation sites (tertiary alicyclic amines) is 1. The van der Waals surface area contributed by atoms with E-state index in [1.54, 1.807) is 12.2 Å². The summed E-state index contributed by atoms with van der Waals surface area (Å²) in [4.78, 5) is 25.1. The predicted octanol–water partition coefficient (Wildman–Crippen LogP) is 1.98. The van der Waals surface area contributed by atoms with Gasteiger partial charge in [-0.3, -0.25) is 9.59 Å². The highest BCUT2D eigenvalue weighted by molar-refractivity contribution is 5.92. The molecule has 2 aliphatic rings. The second kappa shape index (κ2) is 8.05. The van der Waals surface area contributed by atoms with Gasteiger partial charge in [0, 0.05) is 32.0 Å². The Morgan fingerprint density at radius 1 is 1.16 bits per heavy atom. The van der Waals surface area contributed by atoms with E-state index in [0.29, 0.717) is 38.6 Å². The molecule has 0 aliphatic carbocycles. The van der Waals surface area contributed by atoms with Gasteiger partial charge in [-0.05, 0) is 42.5 Å². The monoisotopic (exact) mass is 344 g/mol. The Hall–Kier alpha value is -2.50. The van der Waals surface area contributed by atoms with Gasteiger partial charge in [0.05, 0.1) is 13.2 Å². The Labute approximate surface area is 147 Å². The molecule has 0 unspecified atom stereocenters. The lowest BCUT2D eigenvalue weighted by molar-refractivity contribution is -0.127. The Morgan fingerprint density at radius 3 is 2.60 bits per heavy atom. The SMILES string of the molecule is NC(=O)CC1CCN(C(=O)C=Cc2ccc3c(c2)OCCCO3)CC1. The van der Waals surface area contributed by atoms with Crippen LogP contribution in [0.3, 0.4) is 0 Å². The van der Waals surface area contributed by atoms with Crippen LogP contribution in [0, 0.1) is 5.92 Å². The number of fused-ring (bicyclic) bond motifs is 1. The summed E-state index contributed by atoms with van der Waals surface area (Å²) in [6, 6.07) is 5.68. The molecule has 2 heterocycles. The number of rotatable bonds is 4. The largest absolute Gasteiger partial charge is 0.490 e. The minimum absolute atomic E-state index is 0.00960. The van der Waals surface area contributed by atoms with Crippen LogP contribution >= 0.6 is 0 Å². The van der Waals surface area contributed by atoms with Crippen LogP contribution < -0.4 is 15.2 Å². The third-order valence-electron chi connectivity index (χ3n) is 4.61. The normalized spacial score (nSPS) is 18.2.